The minimum absolute atomic E-state index is 0.00404. The van der Waals surface area contributed by atoms with Gasteiger partial charge in [0.05, 0.1) is 5.69 Å². The van der Waals surface area contributed by atoms with Gasteiger partial charge in [-0.05, 0) is 23.8 Å². The minimum atomic E-state index is -0.998. The van der Waals surface area contributed by atoms with Gasteiger partial charge in [-0.2, -0.15) is 9.78 Å². The highest BCUT2D eigenvalue weighted by atomic mass is 16.2. The van der Waals surface area contributed by atoms with Gasteiger partial charge in [-0.15, -0.1) is 0 Å². The van der Waals surface area contributed by atoms with E-state index in [0.717, 1.165) is 4.68 Å². The van der Waals surface area contributed by atoms with E-state index < -0.39 is 17.9 Å². The number of hydrogen-bond acceptors (Lipinski definition) is 4. The number of nitrogens with zero attached hydrogens (tertiary/aromatic N) is 2. The van der Waals surface area contributed by atoms with Crippen LogP contribution in [0.4, 0.5) is 0 Å². The van der Waals surface area contributed by atoms with Crippen LogP contribution in [-0.2, 0) is 4.79 Å². The summed E-state index contributed by atoms with van der Waals surface area (Å²) in [5.41, 5.74) is 6.12. The summed E-state index contributed by atoms with van der Waals surface area (Å²) in [4.78, 5) is 36.3. The molecule has 0 aliphatic heterocycles. The monoisotopic (exact) mass is 348 g/mol. The molecule has 130 valence electrons. The maximum absolute atomic E-state index is 12.5. The molecule has 0 aliphatic rings. The zero-order chi connectivity index (χ0) is 18.5. The molecule has 3 N–H and O–H groups in total. The normalized spacial score (nSPS) is 11.5. The van der Waals surface area contributed by atoms with Crippen LogP contribution in [0.5, 0.6) is 0 Å². The fourth-order valence-corrected chi connectivity index (χ4v) is 2.46. The van der Waals surface area contributed by atoms with E-state index in [1.165, 1.54) is 12.1 Å². The fourth-order valence-electron chi connectivity index (χ4n) is 2.46. The van der Waals surface area contributed by atoms with Crippen LogP contribution in [0.3, 0.4) is 0 Å². The number of rotatable bonds is 5. The van der Waals surface area contributed by atoms with E-state index in [-0.39, 0.29) is 11.3 Å². The maximum Gasteiger partial charge on any atom is 0.272 e. The summed E-state index contributed by atoms with van der Waals surface area (Å²) in [6.45, 7) is 0. The van der Waals surface area contributed by atoms with Gasteiger partial charge in [-0.3, -0.25) is 14.4 Å². The summed E-state index contributed by atoms with van der Waals surface area (Å²) in [6, 6.07) is 18.9. The summed E-state index contributed by atoms with van der Waals surface area (Å²) in [5, 5.41) is 6.64. The van der Waals surface area contributed by atoms with Gasteiger partial charge in [-0.1, -0.05) is 48.5 Å². The average molecular weight is 348 g/mol. The van der Waals surface area contributed by atoms with Crippen molar-refractivity contribution in [2.45, 2.75) is 6.04 Å². The predicted octanol–water partition coefficient (Wildman–Crippen LogP) is 1.19. The molecule has 7 nitrogen and oxygen atoms in total. The molecular weight excluding hydrogens is 332 g/mol. The van der Waals surface area contributed by atoms with Crippen LogP contribution in [0.1, 0.15) is 22.1 Å². The van der Waals surface area contributed by atoms with Gasteiger partial charge >= 0.3 is 0 Å². The van der Waals surface area contributed by atoms with Crippen LogP contribution in [0.2, 0.25) is 0 Å². The Kier molecular flexibility index (Phi) is 4.89. The zero-order valence-electron chi connectivity index (χ0n) is 13.7. The van der Waals surface area contributed by atoms with Crippen molar-refractivity contribution in [2.24, 2.45) is 5.73 Å². The number of aromatic nitrogens is 2. The number of carbonyl (C=O) groups excluding carboxylic acids is 2. The Labute approximate surface area is 149 Å². The number of nitrogens with one attached hydrogen (secondary N) is 1. The van der Waals surface area contributed by atoms with E-state index >= 15 is 0 Å². The van der Waals surface area contributed by atoms with Gasteiger partial charge in [0.2, 0.25) is 5.91 Å². The van der Waals surface area contributed by atoms with Crippen molar-refractivity contribution in [3.63, 3.8) is 0 Å². The second-order valence-corrected chi connectivity index (χ2v) is 5.52. The van der Waals surface area contributed by atoms with Crippen molar-refractivity contribution in [1.82, 2.24) is 15.1 Å². The Balaban J connectivity index is 1.90. The number of amides is 2. The molecule has 2 aromatic carbocycles. The van der Waals surface area contributed by atoms with Gasteiger partial charge in [-0.25, -0.2) is 0 Å². The fraction of sp³-hybridized carbons (Fsp3) is 0.0526. The molecule has 3 aromatic rings. The van der Waals surface area contributed by atoms with Gasteiger partial charge in [0.15, 0.2) is 0 Å². The third-order valence-corrected chi connectivity index (χ3v) is 3.73. The molecule has 1 unspecified atom stereocenters. The topological polar surface area (TPSA) is 107 Å². The van der Waals surface area contributed by atoms with Crippen molar-refractivity contribution in [1.29, 1.82) is 0 Å². The summed E-state index contributed by atoms with van der Waals surface area (Å²) in [5.74, 6) is -1.30. The molecule has 0 aliphatic carbocycles. The standard InChI is InChI=1S/C19H16N4O3/c20-18(25)17(13-7-3-1-4-8-13)21-19(26)15-11-12-16(24)23(22-15)14-9-5-2-6-10-14/h1-12,17H,(H2,20,25)(H,21,26). The third kappa shape index (κ3) is 3.67. The summed E-state index contributed by atoms with van der Waals surface area (Å²) in [6.07, 6.45) is 0. The van der Waals surface area contributed by atoms with Gasteiger partial charge in [0, 0.05) is 6.07 Å². The van der Waals surface area contributed by atoms with E-state index in [4.69, 9.17) is 5.73 Å². The molecule has 3 rings (SSSR count). The number of nitrogens with two attached hydrogens (primary N) is 1. The Bertz CT molecular complexity index is 984. The molecule has 1 heterocycles. The quantitative estimate of drug-likeness (QED) is 0.722. The minimum Gasteiger partial charge on any atom is -0.368 e. The van der Waals surface area contributed by atoms with Crippen molar-refractivity contribution in [3.05, 3.63) is 94.4 Å². The summed E-state index contributed by atoms with van der Waals surface area (Å²) < 4.78 is 1.12. The number of carbonyl (C=O) groups is 2. The largest absolute Gasteiger partial charge is 0.368 e. The van der Waals surface area contributed by atoms with Crippen LogP contribution in [0.15, 0.2) is 77.6 Å². The Morgan fingerprint density at radius 2 is 1.54 bits per heavy atom. The molecule has 0 radical (unpaired) electrons. The SMILES string of the molecule is NC(=O)C(NC(=O)c1ccc(=O)n(-c2ccccc2)n1)c1ccccc1. The first-order chi connectivity index (χ1) is 12.6. The Morgan fingerprint density at radius 3 is 2.15 bits per heavy atom. The number of para-hydroxylation sites is 1. The lowest BCUT2D eigenvalue weighted by atomic mass is 10.1. The second-order valence-electron chi connectivity index (χ2n) is 5.52. The van der Waals surface area contributed by atoms with Crippen molar-refractivity contribution < 1.29 is 9.59 Å². The molecule has 0 bridgehead atoms. The highest BCUT2D eigenvalue weighted by Crippen LogP contribution is 2.12. The molecule has 0 fully saturated rings. The summed E-state index contributed by atoms with van der Waals surface area (Å²) >= 11 is 0. The summed E-state index contributed by atoms with van der Waals surface area (Å²) in [7, 11) is 0. The smallest absolute Gasteiger partial charge is 0.272 e. The first-order valence-electron chi connectivity index (χ1n) is 7.87. The molecule has 26 heavy (non-hydrogen) atoms. The van der Waals surface area contributed by atoms with Crippen LogP contribution in [-0.4, -0.2) is 21.6 Å². The highest BCUT2D eigenvalue weighted by molar-refractivity contribution is 5.96. The van der Waals surface area contributed by atoms with E-state index in [1.54, 1.807) is 54.6 Å². The molecule has 7 heteroatoms. The van der Waals surface area contributed by atoms with E-state index in [1.807, 2.05) is 6.07 Å². The van der Waals surface area contributed by atoms with E-state index in [2.05, 4.69) is 10.4 Å². The van der Waals surface area contributed by atoms with Crippen LogP contribution >= 0.6 is 0 Å². The molecule has 1 aromatic heterocycles. The van der Waals surface area contributed by atoms with E-state index in [0.29, 0.717) is 11.3 Å². The molecule has 0 saturated heterocycles. The first kappa shape index (κ1) is 17.1. The van der Waals surface area contributed by atoms with Crippen LogP contribution in [0, 0.1) is 0 Å². The number of primary amides is 1. The average Bonchev–Trinajstić information content (AvgIpc) is 2.67. The molecule has 2 amide bonds. The third-order valence-electron chi connectivity index (χ3n) is 3.73. The van der Waals surface area contributed by atoms with E-state index in [9.17, 15) is 14.4 Å². The lowest BCUT2D eigenvalue weighted by Crippen LogP contribution is -2.38. The zero-order valence-corrected chi connectivity index (χ0v) is 13.7. The lowest BCUT2D eigenvalue weighted by molar-refractivity contribution is -0.120. The first-order valence-corrected chi connectivity index (χ1v) is 7.87. The Hall–Kier alpha value is -3.74. The van der Waals surface area contributed by atoms with Crippen molar-refractivity contribution in [2.75, 3.05) is 0 Å². The molecule has 0 spiro atoms. The predicted molar refractivity (Wildman–Crippen MR) is 95.7 cm³/mol. The van der Waals surface area contributed by atoms with Gasteiger partial charge in [0.25, 0.3) is 11.5 Å². The van der Waals surface area contributed by atoms with Crippen molar-refractivity contribution >= 4 is 11.8 Å². The molecule has 0 saturated carbocycles. The number of benzene rings is 2. The van der Waals surface area contributed by atoms with Crippen LogP contribution < -0.4 is 16.6 Å². The highest BCUT2D eigenvalue weighted by Gasteiger charge is 2.22. The Morgan fingerprint density at radius 1 is 0.923 bits per heavy atom. The second kappa shape index (κ2) is 7.43. The van der Waals surface area contributed by atoms with Crippen molar-refractivity contribution in [3.8, 4) is 5.69 Å². The van der Waals surface area contributed by atoms with Gasteiger partial charge < -0.3 is 11.1 Å². The molecule has 1 atom stereocenters. The number of hydrogen-bond donors (Lipinski definition) is 2. The molecular formula is C19H16N4O3. The maximum atomic E-state index is 12.5. The lowest BCUT2D eigenvalue weighted by Gasteiger charge is -2.16. The van der Waals surface area contributed by atoms with Crippen LogP contribution in [0.25, 0.3) is 5.69 Å². The van der Waals surface area contributed by atoms with Gasteiger partial charge in [0.1, 0.15) is 11.7 Å².